The third-order valence-corrected chi connectivity index (χ3v) is 3.36. The van der Waals surface area contributed by atoms with Crippen LogP contribution in [0, 0.1) is 23.7 Å². The summed E-state index contributed by atoms with van der Waals surface area (Å²) < 4.78 is 4.79. The molecule has 2 fully saturated rings. The molecule has 64 valence electrons. The molecule has 12 heavy (non-hydrogen) atoms. The molecule has 0 radical (unpaired) electrons. The third-order valence-electron chi connectivity index (χ3n) is 3.36. The second-order valence-corrected chi connectivity index (χ2v) is 3.88. The van der Waals surface area contributed by atoms with Crippen LogP contribution in [0.1, 0.15) is 6.42 Å². The summed E-state index contributed by atoms with van der Waals surface area (Å²) in [4.78, 5) is 11.2. The van der Waals surface area contributed by atoms with Crippen molar-refractivity contribution < 1.29 is 14.6 Å². The number of hydrogen-bond donors (Lipinski definition) is 1. The highest BCUT2D eigenvalue weighted by molar-refractivity contribution is 5.76. The number of ether oxygens (including phenoxy) is 1. The first-order chi connectivity index (χ1) is 5.77. The molecular formula is C9H10O3. The van der Waals surface area contributed by atoms with Crippen molar-refractivity contribution in [3.63, 3.8) is 0 Å². The van der Waals surface area contributed by atoms with Gasteiger partial charge in [-0.05, 0) is 18.3 Å². The predicted molar refractivity (Wildman–Crippen MR) is 39.8 cm³/mol. The van der Waals surface area contributed by atoms with Gasteiger partial charge in [-0.15, -0.1) is 0 Å². The molecule has 3 unspecified atom stereocenters. The van der Waals surface area contributed by atoms with E-state index in [9.17, 15) is 9.90 Å². The van der Waals surface area contributed by atoms with E-state index < -0.39 is 6.29 Å². The SMILES string of the molecule is O=C1OC(O)[C@@H]2C3C=CC(C3)[C@H]12. The number of hydrogen-bond acceptors (Lipinski definition) is 3. The Morgan fingerprint density at radius 3 is 2.92 bits per heavy atom. The number of rotatable bonds is 0. The topological polar surface area (TPSA) is 46.5 Å². The maximum atomic E-state index is 11.2. The minimum atomic E-state index is -0.845. The van der Waals surface area contributed by atoms with Crippen molar-refractivity contribution in [3.05, 3.63) is 12.2 Å². The molecule has 0 aromatic carbocycles. The Balaban J connectivity index is 2.03. The molecule has 0 aromatic rings. The molecule has 1 N–H and O–H groups in total. The van der Waals surface area contributed by atoms with Gasteiger partial charge in [0.1, 0.15) is 0 Å². The van der Waals surface area contributed by atoms with Crippen LogP contribution in [-0.4, -0.2) is 17.4 Å². The van der Waals surface area contributed by atoms with Crippen molar-refractivity contribution in [2.24, 2.45) is 23.7 Å². The molecule has 2 aliphatic carbocycles. The zero-order chi connectivity index (χ0) is 8.29. The van der Waals surface area contributed by atoms with E-state index in [0.717, 1.165) is 6.42 Å². The summed E-state index contributed by atoms with van der Waals surface area (Å²) in [6.45, 7) is 0. The molecule has 1 aliphatic heterocycles. The molecule has 0 aromatic heterocycles. The van der Waals surface area contributed by atoms with Crippen LogP contribution in [0.2, 0.25) is 0 Å². The molecule has 3 nitrogen and oxygen atoms in total. The third kappa shape index (κ3) is 0.591. The Hall–Kier alpha value is -0.830. The van der Waals surface area contributed by atoms with Crippen molar-refractivity contribution in [2.45, 2.75) is 12.7 Å². The van der Waals surface area contributed by atoms with Crippen molar-refractivity contribution >= 4 is 5.97 Å². The minimum Gasteiger partial charge on any atom is -0.435 e. The van der Waals surface area contributed by atoms with Crippen molar-refractivity contribution in [1.82, 2.24) is 0 Å². The Bertz CT molecular complexity index is 271. The van der Waals surface area contributed by atoms with Crippen molar-refractivity contribution in [3.8, 4) is 0 Å². The Labute approximate surface area is 70.0 Å². The number of aliphatic hydroxyl groups excluding tert-OH is 1. The van der Waals surface area contributed by atoms with E-state index in [4.69, 9.17) is 4.74 Å². The molecule has 3 heteroatoms. The first kappa shape index (κ1) is 6.66. The monoisotopic (exact) mass is 166 g/mol. The van der Waals surface area contributed by atoms with Gasteiger partial charge in [0.15, 0.2) is 0 Å². The average Bonchev–Trinajstić information content (AvgIpc) is 2.64. The van der Waals surface area contributed by atoms with Gasteiger partial charge in [-0.25, -0.2) is 0 Å². The van der Waals surface area contributed by atoms with Crippen LogP contribution in [0.4, 0.5) is 0 Å². The number of allylic oxidation sites excluding steroid dienone is 2. The Morgan fingerprint density at radius 1 is 1.42 bits per heavy atom. The smallest absolute Gasteiger partial charge is 0.312 e. The molecule has 2 bridgehead atoms. The van der Waals surface area contributed by atoms with Crippen LogP contribution in [-0.2, 0) is 9.53 Å². The van der Waals surface area contributed by atoms with Crippen LogP contribution < -0.4 is 0 Å². The average molecular weight is 166 g/mol. The van der Waals surface area contributed by atoms with Gasteiger partial charge >= 0.3 is 5.97 Å². The van der Waals surface area contributed by atoms with E-state index in [2.05, 4.69) is 12.2 Å². The number of cyclic esters (lactones) is 1. The summed E-state index contributed by atoms with van der Waals surface area (Å²) in [5.41, 5.74) is 0. The van der Waals surface area contributed by atoms with Gasteiger partial charge in [-0.2, -0.15) is 0 Å². The Morgan fingerprint density at radius 2 is 2.17 bits per heavy atom. The molecule has 1 saturated carbocycles. The minimum absolute atomic E-state index is 0.0463. The van der Waals surface area contributed by atoms with E-state index in [0.29, 0.717) is 11.8 Å². The van der Waals surface area contributed by atoms with Crippen molar-refractivity contribution in [2.75, 3.05) is 0 Å². The lowest BCUT2D eigenvalue weighted by Gasteiger charge is -2.17. The lowest BCUT2D eigenvalue weighted by Crippen LogP contribution is -2.24. The van der Waals surface area contributed by atoms with Crippen molar-refractivity contribution in [1.29, 1.82) is 0 Å². The zero-order valence-electron chi connectivity index (χ0n) is 6.51. The number of carbonyl (C=O) groups is 1. The van der Waals surface area contributed by atoms with E-state index in [1.165, 1.54) is 0 Å². The summed E-state index contributed by atoms with van der Waals surface area (Å²) >= 11 is 0. The maximum Gasteiger partial charge on any atom is 0.312 e. The number of esters is 1. The quantitative estimate of drug-likeness (QED) is 0.416. The molecule has 1 saturated heterocycles. The zero-order valence-corrected chi connectivity index (χ0v) is 6.51. The second-order valence-electron chi connectivity index (χ2n) is 3.88. The molecule has 3 rings (SSSR count). The second kappa shape index (κ2) is 1.91. The van der Waals surface area contributed by atoms with Gasteiger partial charge in [0.25, 0.3) is 0 Å². The van der Waals surface area contributed by atoms with E-state index >= 15 is 0 Å². The highest BCUT2D eigenvalue weighted by Gasteiger charge is 2.57. The maximum absolute atomic E-state index is 11.2. The fourth-order valence-corrected chi connectivity index (χ4v) is 2.86. The molecule has 3 aliphatic rings. The normalized spacial score (nSPS) is 54.4. The van der Waals surface area contributed by atoms with Gasteiger partial charge in [-0.3, -0.25) is 4.79 Å². The van der Waals surface area contributed by atoms with Gasteiger partial charge < -0.3 is 9.84 Å². The molecule has 1 heterocycles. The lowest BCUT2D eigenvalue weighted by molar-refractivity contribution is -0.158. The summed E-state index contributed by atoms with van der Waals surface area (Å²) in [5.74, 6) is 0.512. The van der Waals surface area contributed by atoms with Gasteiger partial charge in [0.2, 0.25) is 6.29 Å². The highest BCUT2D eigenvalue weighted by Crippen LogP contribution is 2.52. The van der Waals surface area contributed by atoms with E-state index in [1.54, 1.807) is 0 Å². The summed E-state index contributed by atoms with van der Waals surface area (Å²) in [5, 5.41) is 9.41. The lowest BCUT2D eigenvalue weighted by atomic mass is 9.85. The van der Waals surface area contributed by atoms with Crippen LogP contribution >= 0.6 is 0 Å². The fourth-order valence-electron chi connectivity index (χ4n) is 2.86. The number of fused-ring (bicyclic) bond motifs is 5. The van der Waals surface area contributed by atoms with Crippen LogP contribution in [0.5, 0.6) is 0 Å². The highest BCUT2D eigenvalue weighted by atomic mass is 16.6. The fraction of sp³-hybridized carbons (Fsp3) is 0.667. The standard InChI is InChI=1S/C9H10O3/c10-8-6-4-1-2-5(3-4)7(6)9(11)12-8/h1-2,4-8,10H,3H2/t4?,5?,6-,7+,8?/m1/s1. The summed E-state index contributed by atoms with van der Waals surface area (Å²) in [7, 11) is 0. The molecule has 5 atom stereocenters. The number of aliphatic hydroxyl groups is 1. The van der Waals surface area contributed by atoms with E-state index in [1.807, 2.05) is 0 Å². The van der Waals surface area contributed by atoms with Gasteiger partial charge in [0, 0.05) is 5.92 Å². The molecular weight excluding hydrogens is 156 g/mol. The summed E-state index contributed by atoms with van der Waals surface area (Å²) in [6.07, 6.45) is 4.38. The Kier molecular flexibility index (Phi) is 1.06. The van der Waals surface area contributed by atoms with Crippen LogP contribution in [0.25, 0.3) is 0 Å². The first-order valence-corrected chi connectivity index (χ1v) is 4.34. The molecule has 0 spiro atoms. The number of carbonyl (C=O) groups excluding carboxylic acids is 1. The van der Waals surface area contributed by atoms with E-state index in [-0.39, 0.29) is 17.8 Å². The van der Waals surface area contributed by atoms with Crippen LogP contribution in [0.15, 0.2) is 12.2 Å². The van der Waals surface area contributed by atoms with Gasteiger partial charge in [-0.1, -0.05) is 12.2 Å². The van der Waals surface area contributed by atoms with Crippen LogP contribution in [0.3, 0.4) is 0 Å². The molecule has 0 amide bonds. The van der Waals surface area contributed by atoms with Gasteiger partial charge in [0.05, 0.1) is 5.92 Å². The summed E-state index contributed by atoms with van der Waals surface area (Å²) in [6, 6.07) is 0. The largest absolute Gasteiger partial charge is 0.435 e. The first-order valence-electron chi connectivity index (χ1n) is 4.34. The predicted octanol–water partition coefficient (Wildman–Crippen LogP) is 0.300.